The highest BCUT2D eigenvalue weighted by Gasteiger charge is 2.11. The van der Waals surface area contributed by atoms with Gasteiger partial charge in [-0.05, 0) is 37.8 Å². The van der Waals surface area contributed by atoms with E-state index in [1.807, 2.05) is 28.9 Å². The molecule has 2 N–H and O–H groups in total. The van der Waals surface area contributed by atoms with E-state index >= 15 is 0 Å². The van der Waals surface area contributed by atoms with Crippen LogP contribution in [0.1, 0.15) is 37.0 Å². The Morgan fingerprint density at radius 2 is 1.91 bits per heavy atom. The van der Waals surface area contributed by atoms with Gasteiger partial charge in [0.05, 0.1) is 11.8 Å². The number of fused-ring (bicyclic) bond motifs is 1. The van der Waals surface area contributed by atoms with Crippen molar-refractivity contribution in [1.82, 2.24) is 9.38 Å². The fourth-order valence-corrected chi connectivity index (χ4v) is 2.78. The molecule has 1 unspecified atom stereocenters. The molecule has 0 bridgehead atoms. The molecule has 1 atom stereocenters. The molecule has 0 radical (unpaired) electrons. The zero-order valence-electron chi connectivity index (χ0n) is 13.3. The fourth-order valence-electron chi connectivity index (χ4n) is 2.78. The van der Waals surface area contributed by atoms with E-state index in [1.165, 1.54) is 5.56 Å². The Hall–Kier alpha value is -2.17. The quantitative estimate of drug-likeness (QED) is 0.686. The number of pyridine rings is 1. The van der Waals surface area contributed by atoms with Crippen LogP contribution in [0.5, 0.6) is 0 Å². The molecule has 3 rings (SSSR count). The highest BCUT2D eigenvalue weighted by Crippen LogP contribution is 2.24. The lowest BCUT2D eigenvalue weighted by atomic mass is 10.1. The molecule has 0 aliphatic carbocycles. The van der Waals surface area contributed by atoms with E-state index in [1.54, 1.807) is 6.92 Å². The van der Waals surface area contributed by atoms with Crippen LogP contribution in [0.4, 0.5) is 0 Å². The Labute approximate surface area is 136 Å². The molecule has 0 aliphatic heterocycles. The molecule has 23 heavy (non-hydrogen) atoms. The average molecular weight is 310 g/mol. The molecule has 2 aromatic heterocycles. The largest absolute Gasteiger partial charge is 0.396 e. The van der Waals surface area contributed by atoms with E-state index in [4.69, 9.17) is 5.11 Å². The maximum absolute atomic E-state index is 9.87. The molecule has 0 fully saturated rings. The first-order chi connectivity index (χ1) is 11.2. The van der Waals surface area contributed by atoms with Crippen molar-refractivity contribution < 1.29 is 10.2 Å². The summed E-state index contributed by atoms with van der Waals surface area (Å²) in [5.74, 6) is 0. The zero-order valence-corrected chi connectivity index (χ0v) is 13.3. The molecule has 4 nitrogen and oxygen atoms in total. The molecular formula is C19H22N2O2. The van der Waals surface area contributed by atoms with E-state index in [2.05, 4.69) is 29.2 Å². The number of hydrogen-bond donors (Lipinski definition) is 2. The van der Waals surface area contributed by atoms with Crippen molar-refractivity contribution in [1.29, 1.82) is 0 Å². The number of unbranched alkanes of at least 4 members (excludes halogenated alkanes) is 1. The molecule has 2 heterocycles. The molecule has 0 saturated carbocycles. The fraction of sp³-hybridized carbons (Fsp3) is 0.316. The van der Waals surface area contributed by atoms with E-state index < -0.39 is 6.10 Å². The van der Waals surface area contributed by atoms with Gasteiger partial charge in [0.25, 0.3) is 0 Å². The smallest absolute Gasteiger partial charge is 0.143 e. The number of aliphatic hydroxyl groups is 2. The van der Waals surface area contributed by atoms with Crippen molar-refractivity contribution >= 4 is 5.65 Å². The van der Waals surface area contributed by atoms with Crippen LogP contribution >= 0.6 is 0 Å². The summed E-state index contributed by atoms with van der Waals surface area (Å²) in [6.45, 7) is 2.01. The number of nitrogens with zero attached hydrogens (tertiary/aromatic N) is 2. The predicted molar refractivity (Wildman–Crippen MR) is 91.3 cm³/mol. The highest BCUT2D eigenvalue weighted by atomic mass is 16.3. The van der Waals surface area contributed by atoms with Crippen LogP contribution in [0.3, 0.4) is 0 Å². The van der Waals surface area contributed by atoms with E-state index in [-0.39, 0.29) is 6.61 Å². The topological polar surface area (TPSA) is 57.8 Å². The molecule has 3 aromatic rings. The maximum Gasteiger partial charge on any atom is 0.143 e. The van der Waals surface area contributed by atoms with Crippen molar-refractivity contribution in [3.05, 3.63) is 59.9 Å². The van der Waals surface area contributed by atoms with Gasteiger partial charge < -0.3 is 14.6 Å². The molecule has 0 saturated heterocycles. The van der Waals surface area contributed by atoms with Gasteiger partial charge in [-0.3, -0.25) is 0 Å². The first kappa shape index (κ1) is 15.7. The minimum Gasteiger partial charge on any atom is -0.396 e. The van der Waals surface area contributed by atoms with Gasteiger partial charge in [0.1, 0.15) is 5.65 Å². The third-order valence-electron chi connectivity index (χ3n) is 4.09. The molecule has 120 valence electrons. The highest BCUT2D eigenvalue weighted by molar-refractivity contribution is 5.64. The summed E-state index contributed by atoms with van der Waals surface area (Å²) in [4.78, 5) is 4.68. The van der Waals surface area contributed by atoms with Crippen LogP contribution < -0.4 is 0 Å². The number of benzene rings is 1. The number of aromatic nitrogens is 2. The van der Waals surface area contributed by atoms with Crippen LogP contribution in [-0.4, -0.2) is 26.2 Å². The monoisotopic (exact) mass is 310 g/mol. The molecular weight excluding hydrogens is 288 g/mol. The Morgan fingerprint density at radius 1 is 1.13 bits per heavy atom. The Kier molecular flexibility index (Phi) is 4.74. The van der Waals surface area contributed by atoms with Crippen molar-refractivity contribution in [3.63, 3.8) is 0 Å². The summed E-state index contributed by atoms with van der Waals surface area (Å²) in [6.07, 6.45) is 6.22. The number of aliphatic hydroxyl groups excluding tert-OH is 2. The molecule has 1 aromatic carbocycles. The van der Waals surface area contributed by atoms with E-state index in [0.29, 0.717) is 0 Å². The minimum atomic E-state index is -0.539. The third-order valence-corrected chi connectivity index (χ3v) is 4.09. The third kappa shape index (κ3) is 3.44. The Bertz CT molecular complexity index is 776. The van der Waals surface area contributed by atoms with Gasteiger partial charge in [-0.15, -0.1) is 0 Å². The number of hydrogen-bond acceptors (Lipinski definition) is 3. The average Bonchev–Trinajstić information content (AvgIpc) is 2.99. The second-order valence-corrected chi connectivity index (χ2v) is 5.87. The summed E-state index contributed by atoms with van der Waals surface area (Å²) in [7, 11) is 0. The molecule has 0 aliphatic rings. The van der Waals surface area contributed by atoms with Crippen molar-refractivity contribution in [2.24, 2.45) is 0 Å². The van der Waals surface area contributed by atoms with Gasteiger partial charge in [0.2, 0.25) is 0 Å². The van der Waals surface area contributed by atoms with E-state index in [9.17, 15) is 5.11 Å². The molecule has 0 spiro atoms. The lowest BCUT2D eigenvalue weighted by Crippen LogP contribution is -1.95. The summed E-state index contributed by atoms with van der Waals surface area (Å²) in [6, 6.07) is 12.2. The Balaban J connectivity index is 1.87. The van der Waals surface area contributed by atoms with Gasteiger partial charge in [0, 0.05) is 30.1 Å². The van der Waals surface area contributed by atoms with E-state index in [0.717, 1.165) is 41.7 Å². The van der Waals surface area contributed by atoms with Gasteiger partial charge in [-0.1, -0.05) is 30.3 Å². The number of rotatable bonds is 6. The maximum atomic E-state index is 9.87. The normalized spacial score (nSPS) is 12.7. The summed E-state index contributed by atoms with van der Waals surface area (Å²) >= 11 is 0. The zero-order chi connectivity index (χ0) is 16.2. The Morgan fingerprint density at radius 3 is 2.61 bits per heavy atom. The van der Waals surface area contributed by atoms with Crippen LogP contribution in [-0.2, 0) is 6.42 Å². The standard InChI is InChI=1S/C19H22N2O2/c1-14(23)17-6-4-11-21-13-18(20-19(17)21)16-9-7-15(8-10-16)5-2-3-12-22/h4,6-11,13-14,22-23H,2-3,5,12H2,1H3. The van der Waals surface area contributed by atoms with Gasteiger partial charge in [-0.25, -0.2) is 4.98 Å². The van der Waals surface area contributed by atoms with Gasteiger partial charge >= 0.3 is 0 Å². The lowest BCUT2D eigenvalue weighted by molar-refractivity contribution is 0.200. The minimum absolute atomic E-state index is 0.255. The first-order valence-electron chi connectivity index (χ1n) is 8.05. The molecule has 4 heteroatoms. The van der Waals surface area contributed by atoms with Crippen molar-refractivity contribution in [3.8, 4) is 11.3 Å². The van der Waals surface area contributed by atoms with Crippen LogP contribution in [0.25, 0.3) is 16.9 Å². The summed E-state index contributed by atoms with van der Waals surface area (Å²) < 4.78 is 1.95. The van der Waals surface area contributed by atoms with Crippen LogP contribution in [0, 0.1) is 0 Å². The SMILES string of the molecule is CC(O)c1cccn2cc(-c3ccc(CCCCO)cc3)nc12. The summed E-state index contributed by atoms with van der Waals surface area (Å²) in [5, 5.41) is 18.7. The number of imidazole rings is 1. The van der Waals surface area contributed by atoms with Crippen LogP contribution in [0.15, 0.2) is 48.8 Å². The van der Waals surface area contributed by atoms with Gasteiger partial charge in [-0.2, -0.15) is 0 Å². The van der Waals surface area contributed by atoms with Crippen molar-refractivity contribution in [2.45, 2.75) is 32.3 Å². The van der Waals surface area contributed by atoms with Gasteiger partial charge in [0.15, 0.2) is 0 Å². The predicted octanol–water partition coefficient (Wildman–Crippen LogP) is 3.37. The number of aryl methyl sites for hydroxylation is 1. The first-order valence-corrected chi connectivity index (χ1v) is 8.05. The molecule has 0 amide bonds. The van der Waals surface area contributed by atoms with Crippen LogP contribution in [0.2, 0.25) is 0 Å². The summed E-state index contributed by atoms with van der Waals surface area (Å²) in [5.41, 5.74) is 4.87. The second kappa shape index (κ2) is 6.94. The second-order valence-electron chi connectivity index (χ2n) is 5.87. The van der Waals surface area contributed by atoms with Crippen molar-refractivity contribution in [2.75, 3.05) is 6.61 Å². The lowest BCUT2D eigenvalue weighted by Gasteiger charge is -2.05.